The normalized spacial score (nSPS) is 25.1. The summed E-state index contributed by atoms with van der Waals surface area (Å²) in [5.41, 5.74) is 0.370. The molecule has 1 saturated carbocycles. The molecule has 1 heterocycles. The summed E-state index contributed by atoms with van der Waals surface area (Å²) >= 11 is 5.97. The van der Waals surface area contributed by atoms with E-state index in [1.54, 1.807) is 0 Å². The highest BCUT2D eigenvalue weighted by Crippen LogP contribution is 2.45. The van der Waals surface area contributed by atoms with E-state index in [0.717, 1.165) is 25.7 Å². The molecule has 1 spiro atoms. The van der Waals surface area contributed by atoms with Crippen molar-refractivity contribution in [3.05, 3.63) is 34.6 Å². The molecular formula is C15H16ClFO2. The fraction of sp³-hybridized carbons (Fsp3) is 0.533. The average Bonchev–Trinajstić information content (AvgIpc) is 2.36. The molecule has 0 bridgehead atoms. The average molecular weight is 283 g/mol. The van der Waals surface area contributed by atoms with Gasteiger partial charge in [0.15, 0.2) is 5.78 Å². The molecule has 1 aliphatic carbocycles. The van der Waals surface area contributed by atoms with Gasteiger partial charge < -0.3 is 4.74 Å². The second-order valence-electron chi connectivity index (χ2n) is 5.56. The van der Waals surface area contributed by atoms with Gasteiger partial charge in [-0.15, -0.1) is 0 Å². The van der Waals surface area contributed by atoms with E-state index in [2.05, 4.69) is 0 Å². The molecule has 0 amide bonds. The first-order chi connectivity index (χ1) is 9.10. The zero-order valence-electron chi connectivity index (χ0n) is 10.6. The highest BCUT2D eigenvalue weighted by atomic mass is 35.5. The van der Waals surface area contributed by atoms with Gasteiger partial charge in [-0.05, 0) is 50.3 Å². The van der Waals surface area contributed by atoms with Crippen LogP contribution in [0.15, 0.2) is 18.2 Å². The summed E-state index contributed by atoms with van der Waals surface area (Å²) < 4.78 is 18.8. The predicted molar refractivity (Wildman–Crippen MR) is 71.0 cm³/mol. The van der Waals surface area contributed by atoms with Crippen LogP contribution in [0.2, 0.25) is 5.02 Å². The Bertz CT molecular complexity index is 511. The van der Waals surface area contributed by atoms with Crippen LogP contribution in [-0.2, 0) is 4.74 Å². The Balaban J connectivity index is 1.79. The molecule has 1 unspecified atom stereocenters. The van der Waals surface area contributed by atoms with E-state index < -0.39 is 5.82 Å². The number of benzene rings is 1. The molecule has 0 radical (unpaired) electrons. The minimum Gasteiger partial charge on any atom is -0.375 e. The summed E-state index contributed by atoms with van der Waals surface area (Å²) in [6.45, 7) is 0.634. The molecular weight excluding hydrogens is 267 g/mol. The first-order valence-corrected chi connectivity index (χ1v) is 7.11. The Morgan fingerprint density at radius 2 is 2.21 bits per heavy atom. The van der Waals surface area contributed by atoms with Gasteiger partial charge in [-0.1, -0.05) is 11.6 Å². The van der Waals surface area contributed by atoms with Crippen LogP contribution in [0.25, 0.3) is 0 Å². The number of ether oxygens (including phenoxy) is 1. The van der Waals surface area contributed by atoms with Crippen LogP contribution in [0.4, 0.5) is 4.39 Å². The highest BCUT2D eigenvalue weighted by Gasteiger charge is 2.44. The zero-order valence-corrected chi connectivity index (χ0v) is 11.4. The number of carbonyl (C=O) groups is 1. The third-order valence-electron chi connectivity index (χ3n) is 4.33. The molecule has 1 aromatic carbocycles. The number of ketones is 1. The van der Waals surface area contributed by atoms with Gasteiger partial charge in [0.25, 0.3) is 0 Å². The summed E-state index contributed by atoms with van der Waals surface area (Å²) in [5, 5.41) is 0.208. The number of carbonyl (C=O) groups excluding carboxylic acids is 1. The maximum Gasteiger partial charge on any atom is 0.167 e. The lowest BCUT2D eigenvalue weighted by Gasteiger charge is -2.46. The van der Waals surface area contributed by atoms with E-state index >= 15 is 0 Å². The Hall–Kier alpha value is -0.930. The lowest BCUT2D eigenvalue weighted by atomic mass is 9.70. The molecule has 1 aliphatic heterocycles. The third kappa shape index (κ3) is 2.41. The van der Waals surface area contributed by atoms with Crippen LogP contribution in [0, 0.1) is 11.7 Å². The molecule has 102 valence electrons. The van der Waals surface area contributed by atoms with Crippen molar-refractivity contribution >= 4 is 17.4 Å². The summed E-state index contributed by atoms with van der Waals surface area (Å²) in [7, 11) is 0. The standard InChI is InChI=1S/C15H16ClFO2/c16-13-8-11(17)2-3-12(13)14(18)10-4-7-19-15(9-10)5-1-6-15/h2-3,8,10H,1,4-7,9H2. The van der Waals surface area contributed by atoms with Crippen molar-refractivity contribution in [1.29, 1.82) is 0 Å². The van der Waals surface area contributed by atoms with Crippen LogP contribution < -0.4 is 0 Å². The van der Waals surface area contributed by atoms with Crippen LogP contribution in [0.3, 0.4) is 0 Å². The highest BCUT2D eigenvalue weighted by molar-refractivity contribution is 6.34. The summed E-state index contributed by atoms with van der Waals surface area (Å²) in [6.07, 6.45) is 4.79. The maximum atomic E-state index is 13.0. The van der Waals surface area contributed by atoms with E-state index in [0.29, 0.717) is 12.2 Å². The second kappa shape index (κ2) is 4.88. The summed E-state index contributed by atoms with van der Waals surface area (Å²) in [5.74, 6) is -0.430. The van der Waals surface area contributed by atoms with Gasteiger partial charge in [-0.3, -0.25) is 4.79 Å². The van der Waals surface area contributed by atoms with E-state index in [-0.39, 0.29) is 22.3 Å². The first kappa shape index (κ1) is 13.1. The monoisotopic (exact) mass is 282 g/mol. The van der Waals surface area contributed by atoms with Gasteiger partial charge in [0.05, 0.1) is 10.6 Å². The van der Waals surface area contributed by atoms with Crippen LogP contribution in [0.1, 0.15) is 42.5 Å². The van der Waals surface area contributed by atoms with E-state index in [1.807, 2.05) is 0 Å². The molecule has 1 saturated heterocycles. The molecule has 0 aromatic heterocycles. The molecule has 3 rings (SSSR count). The maximum absolute atomic E-state index is 13.0. The van der Waals surface area contributed by atoms with Crippen molar-refractivity contribution in [2.45, 2.75) is 37.7 Å². The SMILES string of the molecule is O=C(c1ccc(F)cc1Cl)C1CCOC2(CCC2)C1. The zero-order chi connectivity index (χ0) is 13.5. The van der Waals surface area contributed by atoms with Crippen LogP contribution in [0.5, 0.6) is 0 Å². The van der Waals surface area contributed by atoms with Gasteiger partial charge in [0, 0.05) is 18.1 Å². The summed E-state index contributed by atoms with van der Waals surface area (Å²) in [6, 6.07) is 3.98. The van der Waals surface area contributed by atoms with Gasteiger partial charge in [0.2, 0.25) is 0 Å². The van der Waals surface area contributed by atoms with Gasteiger partial charge >= 0.3 is 0 Å². The Morgan fingerprint density at radius 1 is 1.42 bits per heavy atom. The molecule has 4 heteroatoms. The van der Waals surface area contributed by atoms with Crippen molar-refractivity contribution in [2.24, 2.45) is 5.92 Å². The minimum atomic E-state index is -0.413. The number of Topliss-reactive ketones (excluding diaryl/α,β-unsaturated/α-hetero) is 1. The Kier molecular flexibility index (Phi) is 3.35. The van der Waals surface area contributed by atoms with Crippen molar-refractivity contribution in [2.75, 3.05) is 6.61 Å². The fourth-order valence-electron chi connectivity index (χ4n) is 3.08. The quantitative estimate of drug-likeness (QED) is 0.766. The van der Waals surface area contributed by atoms with Gasteiger partial charge in [0.1, 0.15) is 5.82 Å². The van der Waals surface area contributed by atoms with Crippen LogP contribution >= 0.6 is 11.6 Å². The lowest BCUT2D eigenvalue weighted by molar-refractivity contribution is -0.137. The van der Waals surface area contributed by atoms with Crippen molar-refractivity contribution in [3.8, 4) is 0 Å². The van der Waals surface area contributed by atoms with Gasteiger partial charge in [-0.2, -0.15) is 0 Å². The lowest BCUT2D eigenvalue weighted by Crippen LogP contribution is -2.47. The van der Waals surface area contributed by atoms with E-state index in [4.69, 9.17) is 16.3 Å². The summed E-state index contributed by atoms with van der Waals surface area (Å²) in [4.78, 5) is 12.5. The number of hydrogen-bond acceptors (Lipinski definition) is 2. The van der Waals surface area contributed by atoms with Crippen LogP contribution in [-0.4, -0.2) is 18.0 Å². The molecule has 1 aromatic rings. The van der Waals surface area contributed by atoms with Crippen molar-refractivity contribution < 1.29 is 13.9 Å². The molecule has 19 heavy (non-hydrogen) atoms. The largest absolute Gasteiger partial charge is 0.375 e. The van der Waals surface area contributed by atoms with E-state index in [1.165, 1.54) is 24.6 Å². The molecule has 1 atom stereocenters. The van der Waals surface area contributed by atoms with Gasteiger partial charge in [-0.25, -0.2) is 4.39 Å². The Morgan fingerprint density at radius 3 is 2.84 bits per heavy atom. The molecule has 2 fully saturated rings. The number of rotatable bonds is 2. The molecule has 2 aliphatic rings. The Labute approximate surface area is 116 Å². The predicted octanol–water partition coefficient (Wildman–Crippen LogP) is 4.01. The number of halogens is 2. The number of hydrogen-bond donors (Lipinski definition) is 0. The molecule has 0 N–H and O–H groups in total. The minimum absolute atomic E-state index is 0.0274. The molecule has 2 nitrogen and oxygen atoms in total. The fourth-order valence-corrected chi connectivity index (χ4v) is 3.34. The first-order valence-electron chi connectivity index (χ1n) is 6.73. The second-order valence-corrected chi connectivity index (χ2v) is 5.97. The topological polar surface area (TPSA) is 26.3 Å². The van der Waals surface area contributed by atoms with Crippen molar-refractivity contribution in [1.82, 2.24) is 0 Å². The van der Waals surface area contributed by atoms with Crippen molar-refractivity contribution in [3.63, 3.8) is 0 Å². The van der Waals surface area contributed by atoms with E-state index in [9.17, 15) is 9.18 Å². The third-order valence-corrected chi connectivity index (χ3v) is 4.64. The smallest absolute Gasteiger partial charge is 0.167 e.